The molecule has 0 spiro atoms. The maximum absolute atomic E-state index is 11.1. The van der Waals surface area contributed by atoms with Crippen LogP contribution in [0.1, 0.15) is 22.5 Å². The molecule has 0 aliphatic heterocycles. The number of Topliss-reactive ketones (excluding diaryl/α,β-unsaturated/α-hetero) is 1. The lowest BCUT2D eigenvalue weighted by Crippen LogP contribution is -2.00. The van der Waals surface area contributed by atoms with Gasteiger partial charge >= 0.3 is 0 Å². The molecule has 1 aromatic rings. The maximum Gasteiger partial charge on any atom is 0.195 e. The molecule has 0 radical (unpaired) electrons. The number of ketones is 1. The number of hydrogen-bond donors (Lipinski definition) is 0. The van der Waals surface area contributed by atoms with E-state index in [1.165, 1.54) is 0 Å². The van der Waals surface area contributed by atoms with Gasteiger partial charge in [0, 0.05) is 6.20 Å². The number of nitrogens with zero attached hydrogens (tertiary/aromatic N) is 2. The third-order valence-electron chi connectivity index (χ3n) is 1.44. The second-order valence-electron chi connectivity index (χ2n) is 2.48. The van der Waals surface area contributed by atoms with Gasteiger partial charge in [0.05, 0.1) is 6.07 Å². The number of aromatic nitrogens is 1. The number of carbonyl (C=O) groups excluding carboxylic acids is 1. The molecule has 0 aromatic carbocycles. The van der Waals surface area contributed by atoms with E-state index < -0.39 is 0 Å². The fourth-order valence-corrected chi connectivity index (χ4v) is 0.795. The number of rotatable bonds is 2. The van der Waals surface area contributed by atoms with Gasteiger partial charge in [-0.25, -0.2) is 0 Å². The van der Waals surface area contributed by atoms with Gasteiger partial charge in [0.25, 0.3) is 0 Å². The Hall–Kier alpha value is -1.69. The summed E-state index contributed by atoms with van der Waals surface area (Å²) in [5.74, 6) is -0.225. The smallest absolute Gasteiger partial charge is 0.195 e. The fourth-order valence-electron chi connectivity index (χ4n) is 0.795. The first-order chi connectivity index (χ1) is 5.74. The summed E-state index contributed by atoms with van der Waals surface area (Å²) < 4.78 is 0. The molecule has 3 nitrogen and oxygen atoms in total. The second kappa shape index (κ2) is 3.63. The molecule has 0 amide bonds. The van der Waals surface area contributed by atoms with E-state index in [9.17, 15) is 4.79 Å². The zero-order valence-electron chi connectivity index (χ0n) is 6.74. The quantitative estimate of drug-likeness (QED) is 0.616. The van der Waals surface area contributed by atoms with Crippen molar-refractivity contribution in [3.63, 3.8) is 0 Å². The van der Waals surface area contributed by atoms with Crippen molar-refractivity contribution in [3.05, 3.63) is 29.6 Å². The Kier molecular flexibility index (Phi) is 2.54. The summed E-state index contributed by atoms with van der Waals surface area (Å²) in [6.07, 6.45) is 1.51. The summed E-state index contributed by atoms with van der Waals surface area (Å²) in [5, 5.41) is 8.25. The molecule has 0 fully saturated rings. The van der Waals surface area contributed by atoms with Crippen molar-refractivity contribution >= 4 is 5.78 Å². The molecule has 1 rings (SSSR count). The molecule has 3 heteroatoms. The van der Waals surface area contributed by atoms with Crippen molar-refractivity contribution < 1.29 is 4.79 Å². The van der Waals surface area contributed by atoms with Gasteiger partial charge in [-0.2, -0.15) is 5.26 Å². The van der Waals surface area contributed by atoms with Gasteiger partial charge in [0.2, 0.25) is 0 Å². The Balaban J connectivity index is 2.84. The van der Waals surface area contributed by atoms with Gasteiger partial charge in [-0.15, -0.1) is 0 Å². The minimum absolute atomic E-state index is 0.101. The summed E-state index contributed by atoms with van der Waals surface area (Å²) >= 11 is 0. The molecule has 0 aliphatic carbocycles. The minimum Gasteiger partial charge on any atom is -0.291 e. The molecule has 0 atom stereocenters. The largest absolute Gasteiger partial charge is 0.291 e. The maximum atomic E-state index is 11.1. The Morgan fingerprint density at radius 2 is 2.42 bits per heavy atom. The average Bonchev–Trinajstić information content (AvgIpc) is 2.06. The van der Waals surface area contributed by atoms with Crippen LogP contribution in [0.2, 0.25) is 0 Å². The number of carbonyl (C=O) groups is 1. The van der Waals surface area contributed by atoms with Gasteiger partial charge in [0.1, 0.15) is 12.1 Å². The van der Waals surface area contributed by atoms with E-state index in [-0.39, 0.29) is 12.2 Å². The van der Waals surface area contributed by atoms with Gasteiger partial charge in [-0.05, 0) is 18.6 Å². The molecule has 1 aromatic heterocycles. The van der Waals surface area contributed by atoms with Crippen LogP contribution >= 0.6 is 0 Å². The van der Waals surface area contributed by atoms with Crippen LogP contribution in [0.5, 0.6) is 0 Å². The van der Waals surface area contributed by atoms with Crippen LogP contribution in [-0.2, 0) is 0 Å². The van der Waals surface area contributed by atoms with Crippen LogP contribution in [0.4, 0.5) is 0 Å². The van der Waals surface area contributed by atoms with Gasteiger partial charge in [-0.3, -0.25) is 9.78 Å². The molecule has 0 N–H and O–H groups in total. The lowest BCUT2D eigenvalue weighted by molar-refractivity contribution is 0.0993. The van der Waals surface area contributed by atoms with Gasteiger partial charge in [0.15, 0.2) is 5.78 Å². The van der Waals surface area contributed by atoms with Gasteiger partial charge in [-0.1, -0.05) is 6.07 Å². The molecular formula is C9H8N2O. The van der Waals surface area contributed by atoms with Crippen LogP contribution in [0.3, 0.4) is 0 Å². The van der Waals surface area contributed by atoms with Crippen LogP contribution < -0.4 is 0 Å². The Bertz CT molecular complexity index is 321. The van der Waals surface area contributed by atoms with E-state index in [0.29, 0.717) is 5.69 Å². The van der Waals surface area contributed by atoms with E-state index >= 15 is 0 Å². The monoisotopic (exact) mass is 160 g/mol. The van der Waals surface area contributed by atoms with Crippen molar-refractivity contribution in [1.29, 1.82) is 5.26 Å². The highest BCUT2D eigenvalue weighted by molar-refractivity contribution is 5.95. The first-order valence-corrected chi connectivity index (χ1v) is 3.57. The van der Waals surface area contributed by atoms with Crippen molar-refractivity contribution in [2.45, 2.75) is 13.3 Å². The molecular weight excluding hydrogens is 152 g/mol. The SMILES string of the molecule is Cc1ccc(C(=O)CC#N)nc1. The molecule has 0 aliphatic rings. The Labute approximate surface area is 70.7 Å². The second-order valence-corrected chi connectivity index (χ2v) is 2.48. The predicted octanol–water partition coefficient (Wildman–Crippen LogP) is 1.49. The van der Waals surface area contributed by atoms with Crippen LogP contribution in [0, 0.1) is 18.3 Å². The minimum atomic E-state index is -0.225. The third kappa shape index (κ3) is 1.89. The molecule has 0 saturated heterocycles. The lowest BCUT2D eigenvalue weighted by atomic mass is 10.2. The Morgan fingerprint density at radius 1 is 1.67 bits per heavy atom. The van der Waals surface area contributed by atoms with E-state index in [1.54, 1.807) is 24.4 Å². The van der Waals surface area contributed by atoms with E-state index in [4.69, 9.17) is 5.26 Å². The first kappa shape index (κ1) is 8.41. The summed E-state index contributed by atoms with van der Waals surface area (Å²) in [6.45, 7) is 1.89. The van der Waals surface area contributed by atoms with Crippen LogP contribution in [-0.4, -0.2) is 10.8 Å². The first-order valence-electron chi connectivity index (χ1n) is 3.57. The topological polar surface area (TPSA) is 53.8 Å². The van der Waals surface area contributed by atoms with Crippen LogP contribution in [0.25, 0.3) is 0 Å². The van der Waals surface area contributed by atoms with Crippen molar-refractivity contribution in [1.82, 2.24) is 4.98 Å². The Morgan fingerprint density at radius 3 is 2.92 bits per heavy atom. The number of pyridine rings is 1. The van der Waals surface area contributed by atoms with Gasteiger partial charge < -0.3 is 0 Å². The fraction of sp³-hybridized carbons (Fsp3) is 0.222. The predicted molar refractivity (Wildman–Crippen MR) is 43.5 cm³/mol. The zero-order valence-corrected chi connectivity index (χ0v) is 6.74. The molecule has 0 bridgehead atoms. The third-order valence-corrected chi connectivity index (χ3v) is 1.44. The zero-order chi connectivity index (χ0) is 8.97. The van der Waals surface area contributed by atoms with E-state index in [1.807, 2.05) is 6.92 Å². The van der Waals surface area contributed by atoms with Crippen molar-refractivity contribution in [2.75, 3.05) is 0 Å². The number of aryl methyl sites for hydroxylation is 1. The van der Waals surface area contributed by atoms with Crippen molar-refractivity contribution in [2.24, 2.45) is 0 Å². The molecule has 60 valence electrons. The molecule has 1 heterocycles. The number of nitriles is 1. The molecule has 0 saturated carbocycles. The summed E-state index contributed by atoms with van der Waals surface area (Å²) in [5.41, 5.74) is 1.37. The highest BCUT2D eigenvalue weighted by Crippen LogP contribution is 2.01. The number of hydrogen-bond acceptors (Lipinski definition) is 3. The van der Waals surface area contributed by atoms with E-state index in [2.05, 4.69) is 4.98 Å². The summed E-state index contributed by atoms with van der Waals surface area (Å²) in [6, 6.07) is 5.23. The highest BCUT2D eigenvalue weighted by Gasteiger charge is 2.04. The normalized spacial score (nSPS) is 9.00. The van der Waals surface area contributed by atoms with E-state index in [0.717, 1.165) is 5.56 Å². The average molecular weight is 160 g/mol. The van der Waals surface area contributed by atoms with Crippen molar-refractivity contribution in [3.8, 4) is 6.07 Å². The molecule has 0 unspecified atom stereocenters. The summed E-state index contributed by atoms with van der Waals surface area (Å²) in [7, 11) is 0. The standard InChI is InChI=1S/C9H8N2O/c1-7-2-3-8(11-6-7)9(12)4-5-10/h2-3,6H,4H2,1H3. The highest BCUT2D eigenvalue weighted by atomic mass is 16.1. The molecule has 12 heavy (non-hydrogen) atoms. The summed E-state index contributed by atoms with van der Waals surface area (Å²) in [4.78, 5) is 15.0. The van der Waals surface area contributed by atoms with Crippen LogP contribution in [0.15, 0.2) is 18.3 Å². The lowest BCUT2D eigenvalue weighted by Gasteiger charge is -1.94.